The zero-order valence-electron chi connectivity index (χ0n) is 13.2. The van der Waals surface area contributed by atoms with Gasteiger partial charge in [-0.3, -0.25) is 14.4 Å². The first-order valence-corrected chi connectivity index (χ1v) is 8.21. The number of aryl methyl sites for hydroxylation is 1. The van der Waals surface area contributed by atoms with Gasteiger partial charge in [-0.05, 0) is 35.7 Å². The summed E-state index contributed by atoms with van der Waals surface area (Å²) in [6.07, 6.45) is 0. The number of hydrogen-bond acceptors (Lipinski definition) is 5. The highest BCUT2D eigenvalue weighted by Crippen LogP contribution is 2.18. The second-order valence-electron chi connectivity index (χ2n) is 5.15. The molecule has 0 spiro atoms. The first kappa shape index (κ1) is 16.6. The fourth-order valence-electron chi connectivity index (χ4n) is 2.09. The van der Waals surface area contributed by atoms with Crippen LogP contribution < -0.4 is 16.2 Å². The fraction of sp³-hybridized carbons (Fsp3) is 0.0588. The van der Waals surface area contributed by atoms with Gasteiger partial charge in [-0.1, -0.05) is 12.1 Å². The van der Waals surface area contributed by atoms with Crippen LogP contribution in [-0.4, -0.2) is 21.6 Å². The van der Waals surface area contributed by atoms with E-state index in [2.05, 4.69) is 15.7 Å². The Labute approximate surface area is 146 Å². The molecule has 0 bridgehead atoms. The number of aromatic nitrogens is 2. The van der Waals surface area contributed by atoms with Crippen molar-refractivity contribution in [2.24, 2.45) is 7.05 Å². The molecule has 126 valence electrons. The zero-order valence-corrected chi connectivity index (χ0v) is 14.0. The first-order chi connectivity index (χ1) is 12.0. The summed E-state index contributed by atoms with van der Waals surface area (Å²) in [5.41, 5.74) is 0.888. The lowest BCUT2D eigenvalue weighted by molar-refractivity contribution is 0.101. The van der Waals surface area contributed by atoms with E-state index in [4.69, 9.17) is 0 Å². The number of anilines is 2. The van der Waals surface area contributed by atoms with Crippen LogP contribution in [0.25, 0.3) is 0 Å². The minimum absolute atomic E-state index is 0.120. The molecule has 3 aromatic rings. The Morgan fingerprint density at radius 1 is 1.00 bits per heavy atom. The van der Waals surface area contributed by atoms with Crippen LogP contribution in [0.2, 0.25) is 0 Å². The normalized spacial score (nSPS) is 10.3. The summed E-state index contributed by atoms with van der Waals surface area (Å²) < 4.78 is 1.09. The van der Waals surface area contributed by atoms with Crippen molar-refractivity contribution in [1.29, 1.82) is 0 Å². The Balaban J connectivity index is 1.73. The van der Waals surface area contributed by atoms with E-state index in [-0.39, 0.29) is 17.2 Å². The Hall–Kier alpha value is -3.26. The van der Waals surface area contributed by atoms with Crippen LogP contribution in [0, 0.1) is 0 Å². The maximum atomic E-state index is 12.2. The predicted octanol–water partition coefficient (Wildman–Crippen LogP) is 2.35. The van der Waals surface area contributed by atoms with Gasteiger partial charge in [0.2, 0.25) is 0 Å². The van der Waals surface area contributed by atoms with Gasteiger partial charge in [0.1, 0.15) is 5.69 Å². The highest BCUT2D eigenvalue weighted by molar-refractivity contribution is 7.12. The summed E-state index contributed by atoms with van der Waals surface area (Å²) >= 11 is 1.35. The van der Waals surface area contributed by atoms with Gasteiger partial charge in [0.15, 0.2) is 0 Å². The number of carbonyl (C=O) groups is 2. The third-order valence-corrected chi connectivity index (χ3v) is 4.19. The number of rotatable bonds is 4. The summed E-state index contributed by atoms with van der Waals surface area (Å²) in [5, 5.41) is 11.2. The summed E-state index contributed by atoms with van der Waals surface area (Å²) in [6, 6.07) is 13.0. The van der Waals surface area contributed by atoms with Gasteiger partial charge >= 0.3 is 0 Å². The minimum atomic E-state index is -0.447. The number of amides is 2. The minimum Gasteiger partial charge on any atom is -0.321 e. The van der Waals surface area contributed by atoms with E-state index in [1.807, 2.05) is 5.38 Å². The van der Waals surface area contributed by atoms with Gasteiger partial charge in [0, 0.05) is 24.5 Å². The fourth-order valence-corrected chi connectivity index (χ4v) is 2.71. The average molecular weight is 354 g/mol. The van der Waals surface area contributed by atoms with Crippen LogP contribution in [0.1, 0.15) is 20.2 Å². The number of carbonyl (C=O) groups excluding carboxylic acids is 2. The van der Waals surface area contributed by atoms with Crippen LogP contribution in [0.4, 0.5) is 11.4 Å². The van der Waals surface area contributed by atoms with Crippen molar-refractivity contribution in [3.05, 3.63) is 74.8 Å². The van der Waals surface area contributed by atoms with Crippen LogP contribution in [0.5, 0.6) is 0 Å². The number of hydrogen-bond donors (Lipinski definition) is 2. The predicted molar refractivity (Wildman–Crippen MR) is 96.1 cm³/mol. The quantitative estimate of drug-likeness (QED) is 0.752. The zero-order chi connectivity index (χ0) is 17.8. The molecular weight excluding hydrogens is 340 g/mol. The van der Waals surface area contributed by atoms with E-state index >= 15 is 0 Å². The second-order valence-corrected chi connectivity index (χ2v) is 6.09. The summed E-state index contributed by atoms with van der Waals surface area (Å²) in [7, 11) is 1.47. The maximum Gasteiger partial charge on any atom is 0.276 e. The highest BCUT2D eigenvalue weighted by Gasteiger charge is 2.11. The third kappa shape index (κ3) is 3.99. The van der Waals surface area contributed by atoms with Crippen LogP contribution in [0.15, 0.2) is 58.7 Å². The molecule has 2 N–H and O–H groups in total. The Morgan fingerprint density at radius 3 is 2.36 bits per heavy atom. The van der Waals surface area contributed by atoms with Gasteiger partial charge in [0.05, 0.1) is 4.88 Å². The lowest BCUT2D eigenvalue weighted by Crippen LogP contribution is -2.23. The molecule has 0 atom stereocenters. The number of thiophene rings is 1. The molecule has 0 saturated carbocycles. The van der Waals surface area contributed by atoms with Crippen LogP contribution in [0.3, 0.4) is 0 Å². The van der Waals surface area contributed by atoms with E-state index < -0.39 is 5.91 Å². The van der Waals surface area contributed by atoms with Gasteiger partial charge in [-0.15, -0.1) is 11.3 Å². The standard InChI is InChI=1S/C17H14N4O3S/c1-21-15(22)8-7-13(20-21)16(23)18-11-4-2-5-12(10-11)19-17(24)14-6-3-9-25-14/h2-10H,1H3,(H,18,23)(H,19,24). The van der Waals surface area contributed by atoms with Crippen molar-refractivity contribution in [2.75, 3.05) is 10.6 Å². The molecule has 0 radical (unpaired) electrons. The molecule has 0 fully saturated rings. The summed E-state index contributed by atoms with van der Waals surface area (Å²) in [6.45, 7) is 0. The molecule has 8 heteroatoms. The molecule has 2 aromatic heterocycles. The molecule has 3 rings (SSSR count). The van der Waals surface area contributed by atoms with Crippen LogP contribution >= 0.6 is 11.3 Å². The Bertz CT molecular complexity index is 980. The molecule has 2 amide bonds. The molecule has 0 unspecified atom stereocenters. The SMILES string of the molecule is Cn1nc(C(=O)Nc2cccc(NC(=O)c3cccs3)c2)ccc1=O. The molecule has 0 aliphatic rings. The van der Waals surface area contributed by atoms with Crippen molar-refractivity contribution in [3.8, 4) is 0 Å². The van der Waals surface area contributed by atoms with E-state index in [9.17, 15) is 14.4 Å². The molecular formula is C17H14N4O3S. The first-order valence-electron chi connectivity index (χ1n) is 7.33. The number of nitrogens with zero attached hydrogens (tertiary/aromatic N) is 2. The van der Waals surface area contributed by atoms with Gasteiger partial charge in [-0.2, -0.15) is 5.10 Å². The van der Waals surface area contributed by atoms with Crippen molar-refractivity contribution in [2.45, 2.75) is 0 Å². The molecule has 0 aliphatic heterocycles. The van der Waals surface area contributed by atoms with E-state index in [0.29, 0.717) is 16.3 Å². The second kappa shape index (κ2) is 7.10. The number of benzene rings is 1. The van der Waals surface area contributed by atoms with E-state index in [1.54, 1.807) is 36.4 Å². The van der Waals surface area contributed by atoms with E-state index in [0.717, 1.165) is 4.68 Å². The lowest BCUT2D eigenvalue weighted by atomic mass is 10.2. The maximum absolute atomic E-state index is 12.2. The smallest absolute Gasteiger partial charge is 0.276 e. The molecule has 1 aromatic carbocycles. The van der Waals surface area contributed by atoms with Crippen LogP contribution in [-0.2, 0) is 7.05 Å². The third-order valence-electron chi connectivity index (χ3n) is 3.32. The molecule has 0 saturated heterocycles. The Kier molecular flexibility index (Phi) is 4.71. The highest BCUT2D eigenvalue weighted by atomic mass is 32.1. The lowest BCUT2D eigenvalue weighted by Gasteiger charge is -2.08. The molecule has 7 nitrogen and oxygen atoms in total. The molecule has 0 aliphatic carbocycles. The van der Waals surface area contributed by atoms with Crippen molar-refractivity contribution < 1.29 is 9.59 Å². The summed E-state index contributed by atoms with van der Waals surface area (Å²) in [4.78, 5) is 36.2. The van der Waals surface area contributed by atoms with Gasteiger partial charge < -0.3 is 10.6 Å². The van der Waals surface area contributed by atoms with Crippen molar-refractivity contribution in [1.82, 2.24) is 9.78 Å². The summed E-state index contributed by atoms with van der Waals surface area (Å²) in [5.74, 6) is -0.657. The topological polar surface area (TPSA) is 93.1 Å². The van der Waals surface area contributed by atoms with E-state index in [1.165, 1.54) is 30.5 Å². The largest absolute Gasteiger partial charge is 0.321 e. The molecule has 25 heavy (non-hydrogen) atoms. The van der Waals surface area contributed by atoms with Crippen molar-refractivity contribution in [3.63, 3.8) is 0 Å². The van der Waals surface area contributed by atoms with Crippen molar-refractivity contribution >= 4 is 34.5 Å². The van der Waals surface area contributed by atoms with Gasteiger partial charge in [-0.25, -0.2) is 4.68 Å². The number of nitrogens with one attached hydrogen (secondary N) is 2. The van der Waals surface area contributed by atoms with Gasteiger partial charge in [0.25, 0.3) is 17.4 Å². The monoisotopic (exact) mass is 354 g/mol. The Morgan fingerprint density at radius 2 is 1.72 bits per heavy atom. The molecule has 2 heterocycles. The average Bonchev–Trinajstić information content (AvgIpc) is 3.12.